The monoisotopic (exact) mass is 493 g/mol. The van der Waals surface area contributed by atoms with E-state index < -0.39 is 0 Å². The zero-order valence-electron chi connectivity index (χ0n) is 22.0. The van der Waals surface area contributed by atoms with Crippen LogP contribution in [0.15, 0.2) is 102 Å². The number of hydrogen-bond donors (Lipinski definition) is 0. The molecule has 2 atom stereocenters. The van der Waals surface area contributed by atoms with E-state index >= 15 is 0 Å². The number of aliphatic imine (C=N–C) groups is 1. The smallest absolute Gasteiger partial charge is 0.123 e. The van der Waals surface area contributed by atoms with Crippen molar-refractivity contribution in [2.75, 3.05) is 7.05 Å². The molecule has 0 aliphatic heterocycles. The standard InChI is InChI=1S/C33H36NOP/c1-6-33(4,29-22-24(2)20-21-30(29)35-23-26-15-9-7-10-16-26)36-32-25(3)14-13-19-28(32)31(34-5)27-17-11-8-12-18-27/h7-22,36H,6,23H2,1-5H3. The van der Waals surface area contributed by atoms with Crippen LogP contribution in [0.2, 0.25) is 0 Å². The van der Waals surface area contributed by atoms with Gasteiger partial charge in [0.05, 0.1) is 5.71 Å². The molecule has 0 aliphatic rings. The fourth-order valence-electron chi connectivity index (χ4n) is 4.59. The summed E-state index contributed by atoms with van der Waals surface area (Å²) in [5.41, 5.74) is 8.44. The Bertz CT molecular complexity index is 1330. The molecule has 36 heavy (non-hydrogen) atoms. The maximum atomic E-state index is 6.44. The Morgan fingerprint density at radius 1 is 0.861 bits per heavy atom. The van der Waals surface area contributed by atoms with Gasteiger partial charge in [0.25, 0.3) is 0 Å². The van der Waals surface area contributed by atoms with Gasteiger partial charge < -0.3 is 4.74 Å². The van der Waals surface area contributed by atoms with E-state index in [1.807, 2.05) is 13.1 Å². The fourth-order valence-corrected chi connectivity index (χ4v) is 6.27. The lowest BCUT2D eigenvalue weighted by molar-refractivity contribution is 0.299. The van der Waals surface area contributed by atoms with Crippen LogP contribution in [0, 0.1) is 13.8 Å². The van der Waals surface area contributed by atoms with E-state index in [0.29, 0.717) is 15.2 Å². The van der Waals surface area contributed by atoms with E-state index in [9.17, 15) is 0 Å². The van der Waals surface area contributed by atoms with E-state index in [1.54, 1.807) is 0 Å². The second kappa shape index (κ2) is 11.7. The predicted octanol–water partition coefficient (Wildman–Crippen LogP) is 7.98. The third-order valence-corrected chi connectivity index (χ3v) is 8.96. The average Bonchev–Trinajstić information content (AvgIpc) is 2.91. The van der Waals surface area contributed by atoms with Crippen molar-refractivity contribution < 1.29 is 4.74 Å². The van der Waals surface area contributed by atoms with Gasteiger partial charge in [-0.15, -0.1) is 0 Å². The molecule has 0 N–H and O–H groups in total. The third-order valence-electron chi connectivity index (χ3n) is 6.87. The van der Waals surface area contributed by atoms with Crippen molar-refractivity contribution in [2.24, 2.45) is 4.99 Å². The Morgan fingerprint density at radius 2 is 1.56 bits per heavy atom. The van der Waals surface area contributed by atoms with Gasteiger partial charge in [-0.1, -0.05) is 119 Å². The van der Waals surface area contributed by atoms with Crippen LogP contribution in [-0.4, -0.2) is 12.8 Å². The minimum Gasteiger partial charge on any atom is -0.489 e. The quantitative estimate of drug-likeness (QED) is 0.171. The third kappa shape index (κ3) is 5.77. The van der Waals surface area contributed by atoms with Crippen LogP contribution in [0.1, 0.15) is 53.6 Å². The van der Waals surface area contributed by atoms with E-state index in [-0.39, 0.29) is 5.16 Å². The molecule has 4 aromatic rings. The Kier molecular flexibility index (Phi) is 8.39. The lowest BCUT2D eigenvalue weighted by atomic mass is 9.94. The van der Waals surface area contributed by atoms with Gasteiger partial charge in [-0.2, -0.15) is 0 Å². The molecule has 2 nitrogen and oxygen atoms in total. The summed E-state index contributed by atoms with van der Waals surface area (Å²) in [6.07, 6.45) is 1.01. The molecule has 0 fully saturated rings. The predicted molar refractivity (Wildman–Crippen MR) is 157 cm³/mol. The van der Waals surface area contributed by atoms with Gasteiger partial charge in [0.1, 0.15) is 12.4 Å². The minimum absolute atomic E-state index is 0.0750. The number of hydrogen-bond acceptors (Lipinski definition) is 2. The molecule has 4 aromatic carbocycles. The maximum absolute atomic E-state index is 6.44. The van der Waals surface area contributed by atoms with Crippen molar-refractivity contribution in [1.82, 2.24) is 0 Å². The number of ether oxygens (including phenoxy) is 1. The van der Waals surface area contributed by atoms with Crippen LogP contribution >= 0.6 is 8.58 Å². The second-order valence-corrected chi connectivity index (χ2v) is 11.4. The molecule has 4 rings (SSSR count). The zero-order valence-corrected chi connectivity index (χ0v) is 23.0. The van der Waals surface area contributed by atoms with Crippen LogP contribution in [-0.2, 0) is 11.8 Å². The van der Waals surface area contributed by atoms with Crippen molar-refractivity contribution in [1.29, 1.82) is 0 Å². The highest BCUT2D eigenvalue weighted by molar-refractivity contribution is 7.49. The van der Waals surface area contributed by atoms with E-state index in [4.69, 9.17) is 9.73 Å². The average molecular weight is 494 g/mol. The van der Waals surface area contributed by atoms with E-state index in [1.165, 1.54) is 33.1 Å². The van der Waals surface area contributed by atoms with Crippen molar-refractivity contribution in [2.45, 2.75) is 45.9 Å². The van der Waals surface area contributed by atoms with Gasteiger partial charge in [0.15, 0.2) is 0 Å². The number of rotatable bonds is 9. The first-order chi connectivity index (χ1) is 17.4. The first kappa shape index (κ1) is 25.9. The van der Waals surface area contributed by atoms with Gasteiger partial charge in [0, 0.05) is 28.9 Å². The Labute approximate surface area is 218 Å². The molecule has 0 aromatic heterocycles. The highest BCUT2D eigenvalue weighted by atomic mass is 31.1. The second-order valence-electron chi connectivity index (χ2n) is 9.52. The highest BCUT2D eigenvalue weighted by Crippen LogP contribution is 2.48. The SMILES string of the molecule is CCC(C)(Pc1c(C)cccc1C(=NC)c1ccccc1)c1cc(C)ccc1OCc1ccccc1. The zero-order chi connectivity index (χ0) is 25.5. The first-order valence-electron chi connectivity index (χ1n) is 12.6. The molecule has 2 unspecified atom stereocenters. The molecule has 0 aliphatic carbocycles. The molecule has 0 heterocycles. The van der Waals surface area contributed by atoms with Gasteiger partial charge in [-0.05, 0) is 42.8 Å². The van der Waals surface area contributed by atoms with Crippen molar-refractivity contribution in [3.63, 3.8) is 0 Å². The van der Waals surface area contributed by atoms with Gasteiger partial charge in [-0.3, -0.25) is 4.99 Å². The lowest BCUT2D eigenvalue weighted by Crippen LogP contribution is -2.24. The highest BCUT2D eigenvalue weighted by Gasteiger charge is 2.31. The molecule has 0 radical (unpaired) electrons. The van der Waals surface area contributed by atoms with Crippen LogP contribution in [0.25, 0.3) is 0 Å². The molecule has 0 spiro atoms. The summed E-state index contributed by atoms with van der Waals surface area (Å²) in [5.74, 6) is 0.976. The summed E-state index contributed by atoms with van der Waals surface area (Å²) in [5, 5.41) is 1.30. The molecule has 184 valence electrons. The fraction of sp³-hybridized carbons (Fsp3) is 0.242. The van der Waals surface area contributed by atoms with Crippen LogP contribution in [0.5, 0.6) is 5.75 Å². The summed E-state index contributed by atoms with van der Waals surface area (Å²) < 4.78 is 6.44. The van der Waals surface area contributed by atoms with Crippen LogP contribution in [0.4, 0.5) is 0 Å². The van der Waals surface area contributed by atoms with Crippen LogP contribution < -0.4 is 10.0 Å². The molecule has 0 amide bonds. The van der Waals surface area contributed by atoms with E-state index in [2.05, 4.69) is 119 Å². The molecule has 0 saturated carbocycles. The summed E-state index contributed by atoms with van der Waals surface area (Å²) in [4.78, 5) is 4.75. The summed E-state index contributed by atoms with van der Waals surface area (Å²) in [7, 11) is 2.46. The lowest BCUT2D eigenvalue weighted by Gasteiger charge is -2.33. The van der Waals surface area contributed by atoms with Gasteiger partial charge >= 0.3 is 0 Å². The molecule has 3 heteroatoms. The molecular weight excluding hydrogens is 457 g/mol. The number of benzene rings is 4. The number of aryl methyl sites for hydroxylation is 2. The Morgan fingerprint density at radius 3 is 2.22 bits per heavy atom. The Hall–Kier alpha value is -3.22. The minimum atomic E-state index is -0.0750. The summed E-state index contributed by atoms with van der Waals surface area (Å²) >= 11 is 0. The maximum Gasteiger partial charge on any atom is 0.123 e. The van der Waals surface area contributed by atoms with Gasteiger partial charge in [0.2, 0.25) is 0 Å². The van der Waals surface area contributed by atoms with Crippen molar-refractivity contribution in [3.05, 3.63) is 130 Å². The van der Waals surface area contributed by atoms with Crippen molar-refractivity contribution >= 4 is 19.6 Å². The van der Waals surface area contributed by atoms with E-state index in [0.717, 1.165) is 23.4 Å². The Balaban J connectivity index is 1.74. The largest absolute Gasteiger partial charge is 0.489 e. The normalized spacial score (nSPS) is 13.6. The molecule has 0 bridgehead atoms. The summed E-state index contributed by atoms with van der Waals surface area (Å²) in [6, 6.07) is 34.1. The van der Waals surface area contributed by atoms with Crippen LogP contribution in [0.3, 0.4) is 0 Å². The molecular formula is C33H36NOP. The number of nitrogens with zero attached hydrogens (tertiary/aromatic N) is 1. The summed E-state index contributed by atoms with van der Waals surface area (Å²) in [6.45, 7) is 9.64. The van der Waals surface area contributed by atoms with Crippen molar-refractivity contribution in [3.8, 4) is 5.75 Å². The first-order valence-corrected chi connectivity index (χ1v) is 13.6. The molecule has 0 saturated heterocycles. The van der Waals surface area contributed by atoms with Gasteiger partial charge in [-0.25, -0.2) is 0 Å². The topological polar surface area (TPSA) is 21.6 Å².